The number of aromatic nitrogens is 2. The lowest BCUT2D eigenvalue weighted by Crippen LogP contribution is -2.02. The molecule has 0 spiro atoms. The summed E-state index contributed by atoms with van der Waals surface area (Å²) in [5, 5.41) is 4.42. The van der Waals surface area contributed by atoms with E-state index in [0.717, 1.165) is 12.0 Å². The SMILES string of the molecule is CC(C)Cc1c(-c2cccc(Cl)c2F)nn(C)c1N. The summed E-state index contributed by atoms with van der Waals surface area (Å²) in [6.07, 6.45) is 0.751. The van der Waals surface area contributed by atoms with E-state index in [1.165, 1.54) is 6.07 Å². The molecule has 0 saturated heterocycles. The van der Waals surface area contributed by atoms with Crippen LogP contribution in [0.3, 0.4) is 0 Å². The second kappa shape index (κ2) is 5.21. The van der Waals surface area contributed by atoms with Crippen LogP contribution in [0.25, 0.3) is 11.3 Å². The van der Waals surface area contributed by atoms with Crippen LogP contribution < -0.4 is 5.73 Å². The number of hydrogen-bond acceptors (Lipinski definition) is 2. The number of rotatable bonds is 3. The van der Waals surface area contributed by atoms with Crippen molar-refractivity contribution in [2.75, 3.05) is 5.73 Å². The number of halogens is 2. The maximum absolute atomic E-state index is 14.1. The Balaban J connectivity index is 2.62. The summed E-state index contributed by atoms with van der Waals surface area (Å²) in [7, 11) is 1.76. The average Bonchev–Trinajstić information content (AvgIpc) is 2.60. The maximum atomic E-state index is 14.1. The zero-order valence-corrected chi connectivity index (χ0v) is 12.0. The molecule has 3 nitrogen and oxygen atoms in total. The van der Waals surface area contributed by atoms with Crippen molar-refractivity contribution < 1.29 is 4.39 Å². The number of nitrogens with two attached hydrogens (primary N) is 1. The molecule has 0 unspecified atom stereocenters. The van der Waals surface area contributed by atoms with Crippen molar-refractivity contribution >= 4 is 17.4 Å². The summed E-state index contributed by atoms with van der Waals surface area (Å²) in [5.41, 5.74) is 7.87. The van der Waals surface area contributed by atoms with Crippen molar-refractivity contribution in [3.05, 3.63) is 34.6 Å². The van der Waals surface area contributed by atoms with Crippen LogP contribution in [0.15, 0.2) is 18.2 Å². The molecule has 0 saturated carbocycles. The smallest absolute Gasteiger partial charge is 0.151 e. The fourth-order valence-corrected chi connectivity index (χ4v) is 2.27. The molecule has 0 aliphatic carbocycles. The Bertz CT molecular complexity index is 605. The molecule has 0 atom stereocenters. The summed E-state index contributed by atoms with van der Waals surface area (Å²) < 4.78 is 15.7. The molecule has 0 fully saturated rings. The van der Waals surface area contributed by atoms with Gasteiger partial charge in [0.15, 0.2) is 5.82 Å². The van der Waals surface area contributed by atoms with Crippen molar-refractivity contribution in [1.82, 2.24) is 9.78 Å². The van der Waals surface area contributed by atoms with E-state index in [2.05, 4.69) is 18.9 Å². The number of hydrogen-bond donors (Lipinski definition) is 1. The number of nitrogen functional groups attached to an aromatic ring is 1. The third kappa shape index (κ3) is 2.59. The highest BCUT2D eigenvalue weighted by molar-refractivity contribution is 6.31. The first kappa shape index (κ1) is 13.9. The van der Waals surface area contributed by atoms with Gasteiger partial charge >= 0.3 is 0 Å². The summed E-state index contributed by atoms with van der Waals surface area (Å²) in [6, 6.07) is 4.91. The zero-order chi connectivity index (χ0) is 14.2. The van der Waals surface area contributed by atoms with Gasteiger partial charge in [-0.05, 0) is 24.5 Å². The quantitative estimate of drug-likeness (QED) is 0.933. The highest BCUT2D eigenvalue weighted by Gasteiger charge is 2.20. The van der Waals surface area contributed by atoms with Gasteiger partial charge in [0.2, 0.25) is 0 Å². The van der Waals surface area contributed by atoms with Crippen molar-refractivity contribution in [3.8, 4) is 11.3 Å². The van der Waals surface area contributed by atoms with Gasteiger partial charge in [-0.15, -0.1) is 0 Å². The Labute approximate surface area is 117 Å². The van der Waals surface area contributed by atoms with Crippen molar-refractivity contribution in [2.45, 2.75) is 20.3 Å². The normalized spacial score (nSPS) is 11.3. The van der Waals surface area contributed by atoms with Gasteiger partial charge in [-0.1, -0.05) is 31.5 Å². The predicted molar refractivity (Wildman–Crippen MR) is 76.6 cm³/mol. The van der Waals surface area contributed by atoms with Crippen LogP contribution in [-0.4, -0.2) is 9.78 Å². The largest absolute Gasteiger partial charge is 0.384 e. The Morgan fingerprint density at radius 3 is 2.74 bits per heavy atom. The topological polar surface area (TPSA) is 43.8 Å². The molecule has 5 heteroatoms. The summed E-state index contributed by atoms with van der Waals surface area (Å²) >= 11 is 5.83. The van der Waals surface area contributed by atoms with Crippen molar-refractivity contribution in [2.24, 2.45) is 13.0 Å². The van der Waals surface area contributed by atoms with Gasteiger partial charge in [0.05, 0.1) is 5.02 Å². The molecular weight excluding hydrogens is 265 g/mol. The Morgan fingerprint density at radius 2 is 2.11 bits per heavy atom. The third-order valence-electron chi connectivity index (χ3n) is 3.01. The molecule has 1 aromatic heterocycles. The van der Waals surface area contributed by atoms with Gasteiger partial charge in [0.1, 0.15) is 11.5 Å². The van der Waals surface area contributed by atoms with E-state index in [1.807, 2.05) is 0 Å². The summed E-state index contributed by atoms with van der Waals surface area (Å²) in [6.45, 7) is 4.18. The molecule has 2 N–H and O–H groups in total. The van der Waals surface area contributed by atoms with Crippen LogP contribution >= 0.6 is 11.6 Å². The molecule has 1 heterocycles. The van der Waals surface area contributed by atoms with Gasteiger partial charge in [-0.3, -0.25) is 4.68 Å². The van der Waals surface area contributed by atoms with Crippen LogP contribution in [0.5, 0.6) is 0 Å². The van der Waals surface area contributed by atoms with Gasteiger partial charge in [-0.25, -0.2) is 4.39 Å². The Morgan fingerprint density at radius 1 is 1.42 bits per heavy atom. The molecule has 0 aliphatic heterocycles. The highest BCUT2D eigenvalue weighted by atomic mass is 35.5. The van der Waals surface area contributed by atoms with E-state index < -0.39 is 5.82 Å². The molecule has 0 bridgehead atoms. The lowest BCUT2D eigenvalue weighted by atomic mass is 9.99. The minimum atomic E-state index is -0.452. The molecule has 102 valence electrons. The minimum Gasteiger partial charge on any atom is -0.384 e. The second-order valence-electron chi connectivity index (χ2n) is 5.04. The molecule has 0 radical (unpaired) electrons. The van der Waals surface area contributed by atoms with Crippen LogP contribution in [0.1, 0.15) is 19.4 Å². The first-order valence-electron chi connectivity index (χ1n) is 6.17. The number of nitrogens with zero attached hydrogens (tertiary/aromatic N) is 2. The van der Waals surface area contributed by atoms with Crippen molar-refractivity contribution in [1.29, 1.82) is 0 Å². The zero-order valence-electron chi connectivity index (χ0n) is 11.2. The maximum Gasteiger partial charge on any atom is 0.151 e. The van der Waals surface area contributed by atoms with E-state index in [9.17, 15) is 4.39 Å². The Kier molecular flexibility index (Phi) is 3.80. The number of aryl methyl sites for hydroxylation is 1. The monoisotopic (exact) mass is 281 g/mol. The second-order valence-corrected chi connectivity index (χ2v) is 5.44. The molecular formula is C14H17ClFN3. The minimum absolute atomic E-state index is 0.0946. The van der Waals surface area contributed by atoms with Crippen LogP contribution in [0.2, 0.25) is 5.02 Å². The van der Waals surface area contributed by atoms with E-state index in [0.29, 0.717) is 23.0 Å². The first-order valence-corrected chi connectivity index (χ1v) is 6.55. The van der Waals surface area contributed by atoms with Crippen LogP contribution in [0.4, 0.5) is 10.2 Å². The number of anilines is 1. The molecule has 2 aromatic rings. The standard InChI is InChI=1S/C14H17ClFN3/c1-8(2)7-10-13(18-19(3)14(10)17)9-5-4-6-11(15)12(9)16/h4-6,8H,7,17H2,1-3H3. The fourth-order valence-electron chi connectivity index (χ4n) is 2.09. The summed E-state index contributed by atoms with van der Waals surface area (Å²) in [4.78, 5) is 0. The predicted octanol–water partition coefficient (Wildman–Crippen LogP) is 3.66. The van der Waals surface area contributed by atoms with E-state index in [4.69, 9.17) is 17.3 Å². The third-order valence-corrected chi connectivity index (χ3v) is 3.30. The van der Waals surface area contributed by atoms with Crippen molar-refractivity contribution in [3.63, 3.8) is 0 Å². The summed E-state index contributed by atoms with van der Waals surface area (Å²) in [5.74, 6) is 0.530. The lowest BCUT2D eigenvalue weighted by Gasteiger charge is -2.08. The molecule has 1 aromatic carbocycles. The van der Waals surface area contributed by atoms with Gasteiger partial charge in [0.25, 0.3) is 0 Å². The van der Waals surface area contributed by atoms with Gasteiger partial charge < -0.3 is 5.73 Å². The van der Waals surface area contributed by atoms with E-state index >= 15 is 0 Å². The Hall–Kier alpha value is -1.55. The number of benzene rings is 1. The molecule has 0 amide bonds. The lowest BCUT2D eigenvalue weighted by molar-refractivity contribution is 0.628. The molecule has 0 aliphatic rings. The fraction of sp³-hybridized carbons (Fsp3) is 0.357. The average molecular weight is 282 g/mol. The van der Waals surface area contributed by atoms with Gasteiger partial charge in [0, 0.05) is 18.2 Å². The van der Waals surface area contributed by atoms with E-state index in [1.54, 1.807) is 23.9 Å². The first-order chi connectivity index (χ1) is 8.91. The highest BCUT2D eigenvalue weighted by Crippen LogP contribution is 2.32. The molecule has 2 rings (SSSR count). The van der Waals surface area contributed by atoms with E-state index in [-0.39, 0.29) is 5.02 Å². The van der Waals surface area contributed by atoms with Gasteiger partial charge in [-0.2, -0.15) is 5.10 Å². The molecule has 19 heavy (non-hydrogen) atoms. The van der Waals surface area contributed by atoms with Crippen LogP contribution in [-0.2, 0) is 13.5 Å². The van der Waals surface area contributed by atoms with Crippen LogP contribution in [0, 0.1) is 11.7 Å².